The summed E-state index contributed by atoms with van der Waals surface area (Å²) in [6.45, 7) is 2.59. The van der Waals surface area contributed by atoms with Crippen LogP contribution in [0.1, 0.15) is 46.0 Å². The van der Waals surface area contributed by atoms with Gasteiger partial charge in [-0.2, -0.15) is 0 Å². The van der Waals surface area contributed by atoms with E-state index in [1.54, 1.807) is 26.4 Å². The van der Waals surface area contributed by atoms with Gasteiger partial charge in [-0.3, -0.25) is 4.79 Å². The third kappa shape index (κ3) is 3.53. The number of amides is 1. The maximum Gasteiger partial charge on any atom is 0.254 e. The fraction of sp³-hybridized carbons (Fsp3) is 0.444. The molecule has 6 nitrogen and oxygen atoms in total. The lowest BCUT2D eigenvalue weighted by Crippen LogP contribution is -2.21. The van der Waals surface area contributed by atoms with Gasteiger partial charge >= 0.3 is 0 Å². The number of carbonyl (C=O) groups excluding carboxylic acids is 1. The molecular formula is C18H23N5O. The van der Waals surface area contributed by atoms with Crippen molar-refractivity contribution in [3.05, 3.63) is 46.7 Å². The monoisotopic (exact) mass is 325 g/mol. The van der Waals surface area contributed by atoms with E-state index in [4.69, 9.17) is 4.98 Å². The molecule has 0 bridgehead atoms. The maximum absolute atomic E-state index is 11.9. The summed E-state index contributed by atoms with van der Waals surface area (Å²) in [5.41, 5.74) is 4.20. The molecule has 0 radical (unpaired) electrons. The SMILES string of the molecule is Cc1nc(CNc2ccc(C(=O)N(C)C)cn2)nc2c1CCCC2. The van der Waals surface area contributed by atoms with Crippen molar-refractivity contribution < 1.29 is 4.79 Å². The highest BCUT2D eigenvalue weighted by Gasteiger charge is 2.15. The normalized spacial score (nSPS) is 13.3. The first-order chi connectivity index (χ1) is 11.5. The van der Waals surface area contributed by atoms with Crippen LogP contribution in [0.5, 0.6) is 0 Å². The molecule has 1 aliphatic rings. The molecule has 2 heterocycles. The first kappa shape index (κ1) is 16.4. The third-order valence-electron chi connectivity index (χ3n) is 4.28. The van der Waals surface area contributed by atoms with Gasteiger partial charge in [-0.05, 0) is 50.3 Å². The Morgan fingerprint density at radius 1 is 1.21 bits per heavy atom. The van der Waals surface area contributed by atoms with E-state index in [1.807, 2.05) is 6.07 Å². The van der Waals surface area contributed by atoms with Gasteiger partial charge in [0.15, 0.2) is 0 Å². The second-order valence-corrected chi connectivity index (χ2v) is 6.34. The Morgan fingerprint density at radius 2 is 2.00 bits per heavy atom. The topological polar surface area (TPSA) is 71.0 Å². The Bertz CT molecular complexity index is 740. The molecule has 0 saturated carbocycles. The zero-order valence-corrected chi connectivity index (χ0v) is 14.5. The zero-order chi connectivity index (χ0) is 17.1. The van der Waals surface area contributed by atoms with E-state index in [2.05, 4.69) is 22.2 Å². The van der Waals surface area contributed by atoms with Gasteiger partial charge in [0.25, 0.3) is 5.91 Å². The van der Waals surface area contributed by atoms with Gasteiger partial charge in [0.05, 0.1) is 12.1 Å². The van der Waals surface area contributed by atoms with Crippen molar-refractivity contribution in [2.24, 2.45) is 0 Å². The molecule has 0 aliphatic heterocycles. The van der Waals surface area contributed by atoms with Crippen LogP contribution in [0.15, 0.2) is 18.3 Å². The molecular weight excluding hydrogens is 302 g/mol. The summed E-state index contributed by atoms with van der Waals surface area (Å²) in [5, 5.41) is 3.23. The van der Waals surface area contributed by atoms with E-state index in [9.17, 15) is 4.79 Å². The Morgan fingerprint density at radius 3 is 2.71 bits per heavy atom. The predicted octanol–water partition coefficient (Wildman–Crippen LogP) is 2.37. The van der Waals surface area contributed by atoms with Crippen LogP contribution in [-0.4, -0.2) is 39.9 Å². The molecule has 1 amide bonds. The summed E-state index contributed by atoms with van der Waals surface area (Å²) >= 11 is 0. The number of nitrogens with one attached hydrogen (secondary N) is 1. The first-order valence-corrected chi connectivity index (χ1v) is 8.31. The molecule has 2 aromatic heterocycles. The third-order valence-corrected chi connectivity index (χ3v) is 4.28. The number of rotatable bonds is 4. The van der Waals surface area contributed by atoms with E-state index in [-0.39, 0.29) is 5.91 Å². The Balaban J connectivity index is 1.68. The molecule has 0 spiro atoms. The van der Waals surface area contributed by atoms with Crippen LogP contribution >= 0.6 is 0 Å². The van der Waals surface area contributed by atoms with Crippen molar-refractivity contribution in [2.45, 2.75) is 39.2 Å². The standard InChI is InChI=1S/C18H23N5O/c1-12-14-6-4-5-7-15(14)22-17(21-12)11-20-16-9-8-13(10-19-16)18(24)23(2)3/h8-10H,4-7,11H2,1-3H3,(H,19,20). The van der Waals surface area contributed by atoms with Gasteiger partial charge in [-0.25, -0.2) is 15.0 Å². The summed E-state index contributed by atoms with van der Waals surface area (Å²) in [6, 6.07) is 3.58. The van der Waals surface area contributed by atoms with Crippen molar-refractivity contribution >= 4 is 11.7 Å². The molecule has 24 heavy (non-hydrogen) atoms. The molecule has 0 fully saturated rings. The molecule has 1 aliphatic carbocycles. The minimum Gasteiger partial charge on any atom is -0.363 e. The number of nitrogens with zero attached hydrogens (tertiary/aromatic N) is 4. The smallest absolute Gasteiger partial charge is 0.254 e. The van der Waals surface area contributed by atoms with Crippen LogP contribution in [0, 0.1) is 6.92 Å². The Hall–Kier alpha value is -2.50. The van der Waals surface area contributed by atoms with E-state index >= 15 is 0 Å². The second-order valence-electron chi connectivity index (χ2n) is 6.34. The van der Waals surface area contributed by atoms with Gasteiger partial charge in [-0.1, -0.05) is 0 Å². The second kappa shape index (κ2) is 6.95. The Kier molecular flexibility index (Phi) is 4.74. The largest absolute Gasteiger partial charge is 0.363 e. The number of aryl methyl sites for hydroxylation is 2. The highest BCUT2D eigenvalue weighted by Crippen LogP contribution is 2.21. The molecule has 0 saturated heterocycles. The molecule has 1 N–H and O–H groups in total. The van der Waals surface area contributed by atoms with Crippen LogP contribution in [0.3, 0.4) is 0 Å². The van der Waals surface area contributed by atoms with Crippen LogP contribution in [0.4, 0.5) is 5.82 Å². The highest BCUT2D eigenvalue weighted by molar-refractivity contribution is 5.93. The number of carbonyl (C=O) groups is 1. The van der Waals surface area contributed by atoms with E-state index in [0.717, 1.165) is 24.4 Å². The fourth-order valence-electron chi connectivity index (χ4n) is 2.98. The van der Waals surface area contributed by atoms with Gasteiger partial charge in [-0.15, -0.1) is 0 Å². The van der Waals surface area contributed by atoms with Gasteiger partial charge in [0, 0.05) is 31.7 Å². The first-order valence-electron chi connectivity index (χ1n) is 8.31. The summed E-state index contributed by atoms with van der Waals surface area (Å²) in [4.78, 5) is 27.0. The van der Waals surface area contributed by atoms with E-state index in [0.29, 0.717) is 17.9 Å². The maximum atomic E-state index is 11.9. The summed E-state index contributed by atoms with van der Waals surface area (Å²) in [5.74, 6) is 1.45. The molecule has 6 heteroatoms. The van der Waals surface area contributed by atoms with Crippen molar-refractivity contribution in [1.82, 2.24) is 19.9 Å². The number of hydrogen-bond acceptors (Lipinski definition) is 5. The van der Waals surface area contributed by atoms with Gasteiger partial charge in [0.1, 0.15) is 11.6 Å². The fourth-order valence-corrected chi connectivity index (χ4v) is 2.98. The summed E-state index contributed by atoms with van der Waals surface area (Å²) < 4.78 is 0. The number of anilines is 1. The molecule has 126 valence electrons. The van der Waals surface area contributed by atoms with Crippen LogP contribution in [0.2, 0.25) is 0 Å². The lowest BCUT2D eigenvalue weighted by atomic mass is 9.95. The van der Waals surface area contributed by atoms with Crippen molar-refractivity contribution in [3.63, 3.8) is 0 Å². The average Bonchev–Trinajstić information content (AvgIpc) is 2.60. The highest BCUT2D eigenvalue weighted by atomic mass is 16.2. The van der Waals surface area contributed by atoms with Gasteiger partial charge < -0.3 is 10.2 Å². The van der Waals surface area contributed by atoms with Crippen molar-refractivity contribution in [1.29, 1.82) is 0 Å². The molecule has 0 atom stereocenters. The molecule has 2 aromatic rings. The van der Waals surface area contributed by atoms with Gasteiger partial charge in [0.2, 0.25) is 0 Å². The van der Waals surface area contributed by atoms with Crippen LogP contribution < -0.4 is 5.32 Å². The van der Waals surface area contributed by atoms with E-state index in [1.165, 1.54) is 29.0 Å². The molecule has 0 aromatic carbocycles. The van der Waals surface area contributed by atoms with Crippen molar-refractivity contribution in [2.75, 3.05) is 19.4 Å². The van der Waals surface area contributed by atoms with Crippen molar-refractivity contribution in [3.8, 4) is 0 Å². The lowest BCUT2D eigenvalue weighted by molar-refractivity contribution is 0.0827. The molecule has 0 unspecified atom stereocenters. The molecule has 3 rings (SSSR count). The Labute approximate surface area is 142 Å². The zero-order valence-electron chi connectivity index (χ0n) is 14.5. The number of pyridine rings is 1. The minimum atomic E-state index is -0.0531. The lowest BCUT2D eigenvalue weighted by Gasteiger charge is -2.17. The number of aromatic nitrogens is 3. The minimum absolute atomic E-state index is 0.0531. The van der Waals surface area contributed by atoms with E-state index < -0.39 is 0 Å². The predicted molar refractivity (Wildman–Crippen MR) is 93.0 cm³/mol. The average molecular weight is 325 g/mol. The summed E-state index contributed by atoms with van der Waals surface area (Å²) in [7, 11) is 3.45. The van der Waals surface area contributed by atoms with Crippen LogP contribution in [-0.2, 0) is 19.4 Å². The quantitative estimate of drug-likeness (QED) is 0.934. The number of fused-ring (bicyclic) bond motifs is 1. The summed E-state index contributed by atoms with van der Waals surface area (Å²) in [6.07, 6.45) is 6.17. The number of hydrogen-bond donors (Lipinski definition) is 1. The van der Waals surface area contributed by atoms with Crippen LogP contribution in [0.25, 0.3) is 0 Å².